The number of hydrogen-bond donors (Lipinski definition) is 3. The van der Waals surface area contributed by atoms with E-state index < -0.39 is 30.5 Å². The van der Waals surface area contributed by atoms with Gasteiger partial charge in [0, 0.05) is 18.8 Å². The Kier molecular flexibility index (Phi) is 5.21. The second-order valence-electron chi connectivity index (χ2n) is 8.16. The smallest absolute Gasteiger partial charge is 0.365 e. The Morgan fingerprint density at radius 3 is 2.88 bits per heavy atom. The molecular weight excluding hydrogens is 455 g/mol. The van der Waals surface area contributed by atoms with Gasteiger partial charge in [0.1, 0.15) is 6.54 Å². The lowest BCUT2D eigenvalue weighted by Crippen LogP contribution is -2.56. The highest BCUT2D eigenvalue weighted by Gasteiger charge is 2.39. The average Bonchev–Trinajstić information content (AvgIpc) is 3.18. The molecule has 0 radical (unpaired) electrons. The van der Waals surface area contributed by atoms with Crippen molar-refractivity contribution in [3.05, 3.63) is 29.8 Å². The van der Waals surface area contributed by atoms with Crippen LogP contribution in [0.3, 0.4) is 0 Å². The van der Waals surface area contributed by atoms with Gasteiger partial charge in [0.05, 0.1) is 23.3 Å². The first-order valence-corrected chi connectivity index (χ1v) is 10.6. The number of rotatable bonds is 3. The van der Waals surface area contributed by atoms with E-state index in [1.165, 1.54) is 11.1 Å². The number of nitrogens with one attached hydrogen (secondary N) is 3. The summed E-state index contributed by atoms with van der Waals surface area (Å²) in [6.07, 6.45) is -1.68. The number of nitrogens with zero attached hydrogens (tertiary/aromatic N) is 6. The lowest BCUT2D eigenvalue weighted by Gasteiger charge is -2.45. The Labute approximate surface area is 190 Å². The maximum Gasteiger partial charge on any atom is 0.405 e. The molecule has 1 fully saturated rings. The molecule has 2 bridgehead atoms. The first-order chi connectivity index (χ1) is 16.2. The monoisotopic (exact) mass is 475 g/mol. The number of anilines is 3. The van der Waals surface area contributed by atoms with E-state index in [1.807, 2.05) is 11.8 Å². The fourth-order valence-corrected chi connectivity index (χ4v) is 4.21. The summed E-state index contributed by atoms with van der Waals surface area (Å²) in [5.41, 5.74) is 1.83. The van der Waals surface area contributed by atoms with E-state index in [0.29, 0.717) is 29.7 Å². The number of fused-ring (bicyclic) bond motifs is 5. The number of halogens is 3. The van der Waals surface area contributed by atoms with Crippen LogP contribution in [0.5, 0.6) is 0 Å². The molecular formula is C20H20F3N9O2. The molecule has 0 aliphatic carbocycles. The zero-order valence-electron chi connectivity index (χ0n) is 18.0. The summed E-state index contributed by atoms with van der Waals surface area (Å²) in [5.74, 6) is -1.09. The van der Waals surface area contributed by atoms with Crippen LogP contribution in [-0.2, 0) is 0 Å². The molecule has 1 unspecified atom stereocenters. The van der Waals surface area contributed by atoms with E-state index in [-0.39, 0.29) is 17.7 Å². The molecule has 2 aliphatic rings. The molecule has 11 nitrogen and oxygen atoms in total. The molecule has 5 heterocycles. The second-order valence-corrected chi connectivity index (χ2v) is 8.16. The van der Waals surface area contributed by atoms with Crippen LogP contribution < -0.4 is 20.4 Å². The van der Waals surface area contributed by atoms with Gasteiger partial charge in [-0.25, -0.2) is 19.7 Å². The van der Waals surface area contributed by atoms with Gasteiger partial charge >= 0.3 is 12.2 Å². The third kappa shape index (κ3) is 4.06. The number of aromatic nitrogens is 5. The summed E-state index contributed by atoms with van der Waals surface area (Å²) in [6, 6.07) is 2.81. The Bertz CT molecular complexity index is 1280. The molecule has 2 aliphatic heterocycles. The van der Waals surface area contributed by atoms with Gasteiger partial charge in [-0.3, -0.25) is 20.1 Å². The van der Waals surface area contributed by atoms with Crippen molar-refractivity contribution in [1.82, 2.24) is 30.5 Å². The molecule has 3 N–H and O–H groups in total. The minimum atomic E-state index is -4.57. The van der Waals surface area contributed by atoms with Crippen molar-refractivity contribution in [3.8, 4) is 0 Å². The van der Waals surface area contributed by atoms with Gasteiger partial charge in [0.25, 0.3) is 5.91 Å². The minimum Gasteiger partial charge on any atom is -0.365 e. The number of pyridine rings is 1. The van der Waals surface area contributed by atoms with Crippen molar-refractivity contribution in [3.63, 3.8) is 0 Å². The number of aryl methyl sites for hydroxylation is 1. The van der Waals surface area contributed by atoms with Crippen LogP contribution >= 0.6 is 0 Å². The van der Waals surface area contributed by atoms with Crippen molar-refractivity contribution < 1.29 is 22.8 Å². The SMILES string of the molecule is Cc1ccc2c(NC(=O)N3c4nc(C(=O)NCC(F)(F)F)ncc4N4CCCC3C4)n[nH]c2n1. The first-order valence-electron chi connectivity index (χ1n) is 10.6. The molecule has 5 rings (SSSR count). The van der Waals surface area contributed by atoms with E-state index in [1.54, 1.807) is 17.4 Å². The van der Waals surface area contributed by atoms with Gasteiger partial charge in [0.2, 0.25) is 5.82 Å². The van der Waals surface area contributed by atoms with E-state index in [2.05, 4.69) is 30.5 Å². The van der Waals surface area contributed by atoms with E-state index in [0.717, 1.165) is 18.7 Å². The van der Waals surface area contributed by atoms with Crippen LogP contribution in [0.4, 0.5) is 35.3 Å². The van der Waals surface area contributed by atoms with E-state index in [9.17, 15) is 22.8 Å². The normalized spacial score (nSPS) is 17.5. The largest absolute Gasteiger partial charge is 0.405 e. The summed E-state index contributed by atoms with van der Waals surface area (Å²) >= 11 is 0. The summed E-state index contributed by atoms with van der Waals surface area (Å²) in [7, 11) is 0. The highest BCUT2D eigenvalue weighted by atomic mass is 19.4. The molecule has 1 atom stereocenters. The van der Waals surface area contributed by atoms with Crippen molar-refractivity contribution >= 4 is 40.3 Å². The predicted octanol–water partition coefficient (Wildman–Crippen LogP) is 2.37. The Morgan fingerprint density at radius 1 is 1.26 bits per heavy atom. The van der Waals surface area contributed by atoms with Crippen LogP contribution in [-0.4, -0.2) is 68.9 Å². The molecule has 14 heteroatoms. The fraction of sp³-hybridized carbons (Fsp3) is 0.400. The molecule has 3 aromatic rings. The summed E-state index contributed by atoms with van der Waals surface area (Å²) in [6.45, 7) is 1.59. The maximum absolute atomic E-state index is 13.4. The zero-order valence-corrected chi connectivity index (χ0v) is 18.0. The summed E-state index contributed by atoms with van der Waals surface area (Å²) in [5, 5.41) is 12.1. The number of H-pyrrole nitrogens is 1. The van der Waals surface area contributed by atoms with Crippen molar-refractivity contribution in [2.45, 2.75) is 32.0 Å². The van der Waals surface area contributed by atoms with Gasteiger partial charge in [-0.05, 0) is 31.9 Å². The number of piperidine rings is 1. The quantitative estimate of drug-likeness (QED) is 0.530. The number of carbonyl (C=O) groups is 2. The highest BCUT2D eigenvalue weighted by Crippen LogP contribution is 2.38. The molecule has 0 spiro atoms. The number of amides is 3. The molecule has 3 aromatic heterocycles. The number of hydrogen-bond acceptors (Lipinski definition) is 7. The van der Waals surface area contributed by atoms with Crippen molar-refractivity contribution in [2.75, 3.05) is 34.8 Å². The van der Waals surface area contributed by atoms with E-state index >= 15 is 0 Å². The number of carbonyl (C=O) groups excluding carboxylic acids is 2. The number of urea groups is 1. The van der Waals surface area contributed by atoms with Gasteiger partial charge in [-0.1, -0.05) is 0 Å². The van der Waals surface area contributed by atoms with E-state index in [4.69, 9.17) is 0 Å². The minimum absolute atomic E-state index is 0.161. The summed E-state index contributed by atoms with van der Waals surface area (Å²) < 4.78 is 37.5. The number of alkyl halides is 3. The van der Waals surface area contributed by atoms with Crippen LogP contribution in [0, 0.1) is 6.92 Å². The first kappa shape index (κ1) is 21.9. The topological polar surface area (TPSA) is 132 Å². The molecule has 0 saturated carbocycles. The Balaban J connectivity index is 1.46. The number of aromatic amines is 1. The van der Waals surface area contributed by atoms with Crippen molar-refractivity contribution in [2.24, 2.45) is 0 Å². The third-order valence-corrected chi connectivity index (χ3v) is 5.74. The predicted molar refractivity (Wildman–Crippen MR) is 116 cm³/mol. The van der Waals surface area contributed by atoms with Crippen LogP contribution in [0.25, 0.3) is 11.0 Å². The van der Waals surface area contributed by atoms with Crippen LogP contribution in [0.2, 0.25) is 0 Å². The average molecular weight is 475 g/mol. The van der Waals surface area contributed by atoms with Crippen molar-refractivity contribution in [1.29, 1.82) is 0 Å². The van der Waals surface area contributed by atoms with Gasteiger partial charge in [-0.2, -0.15) is 18.3 Å². The Hall–Kier alpha value is -3.97. The van der Waals surface area contributed by atoms with Crippen LogP contribution in [0.1, 0.15) is 29.2 Å². The molecule has 34 heavy (non-hydrogen) atoms. The third-order valence-electron chi connectivity index (χ3n) is 5.74. The maximum atomic E-state index is 13.4. The second kappa shape index (κ2) is 8.11. The highest BCUT2D eigenvalue weighted by molar-refractivity contribution is 6.07. The van der Waals surface area contributed by atoms with Crippen LogP contribution in [0.15, 0.2) is 18.3 Å². The standard InChI is InChI=1S/C20H20F3N9O2/c1-10-4-5-12-14(26-10)29-30-15(12)28-19(34)32-11-3-2-6-31(8-11)13-7-24-16(27-17(13)32)18(33)25-9-20(21,22)23/h4-5,7,11H,2-3,6,8-9H2,1H3,(H,25,33)(H2,26,28,29,30,34). The molecule has 1 saturated heterocycles. The Morgan fingerprint density at radius 2 is 2.09 bits per heavy atom. The summed E-state index contributed by atoms with van der Waals surface area (Å²) in [4.78, 5) is 41.5. The lowest BCUT2D eigenvalue weighted by molar-refractivity contribution is -0.123. The zero-order chi connectivity index (χ0) is 24.0. The molecule has 0 aromatic carbocycles. The van der Waals surface area contributed by atoms with Gasteiger partial charge in [-0.15, -0.1) is 0 Å². The molecule has 178 valence electrons. The van der Waals surface area contributed by atoms with Gasteiger partial charge in [0.15, 0.2) is 17.3 Å². The lowest BCUT2D eigenvalue weighted by atomic mass is 10.0. The fourth-order valence-electron chi connectivity index (χ4n) is 4.21. The van der Waals surface area contributed by atoms with Gasteiger partial charge < -0.3 is 10.2 Å². The molecule has 3 amide bonds.